The molecule has 0 aromatic carbocycles. The van der Waals surface area contributed by atoms with Crippen molar-refractivity contribution in [2.45, 2.75) is 11.7 Å². The molecule has 0 spiro atoms. The summed E-state index contributed by atoms with van der Waals surface area (Å²) in [4.78, 5) is 14.6. The van der Waals surface area contributed by atoms with E-state index < -0.39 is 5.97 Å². The van der Waals surface area contributed by atoms with Crippen molar-refractivity contribution in [2.24, 2.45) is 0 Å². The standard InChI is InChI=1S/C6H5ClN2O2S/c7-4-3(5(10)11)9-1-2-12-6(9)8-4/h1-2H2,(H,10,11). The Morgan fingerprint density at radius 1 is 1.75 bits per heavy atom. The maximum absolute atomic E-state index is 10.7. The van der Waals surface area contributed by atoms with Gasteiger partial charge in [0, 0.05) is 12.3 Å². The Kier molecular flexibility index (Phi) is 1.77. The number of hydrogen-bond acceptors (Lipinski definition) is 3. The predicted octanol–water partition coefficient (Wildman–Crippen LogP) is 1.34. The normalized spacial score (nSPS) is 14.8. The van der Waals surface area contributed by atoms with E-state index >= 15 is 0 Å². The molecule has 0 amide bonds. The topological polar surface area (TPSA) is 55.1 Å². The van der Waals surface area contributed by atoms with Gasteiger partial charge in [0.15, 0.2) is 16.0 Å². The molecule has 64 valence electrons. The van der Waals surface area contributed by atoms with E-state index in [4.69, 9.17) is 16.7 Å². The first-order valence-electron chi connectivity index (χ1n) is 3.32. The average Bonchev–Trinajstić information content (AvgIpc) is 2.44. The number of aromatic carboxylic acids is 1. The number of carbonyl (C=O) groups is 1. The third kappa shape index (κ3) is 1.01. The number of halogens is 1. The summed E-state index contributed by atoms with van der Waals surface area (Å²) in [5, 5.41) is 9.56. The molecule has 1 aliphatic heterocycles. The van der Waals surface area contributed by atoms with E-state index in [0.717, 1.165) is 5.75 Å². The maximum atomic E-state index is 10.7. The minimum absolute atomic E-state index is 0.0877. The summed E-state index contributed by atoms with van der Waals surface area (Å²) in [6.07, 6.45) is 0. The van der Waals surface area contributed by atoms with Crippen LogP contribution in [0.1, 0.15) is 10.5 Å². The number of hydrogen-bond donors (Lipinski definition) is 1. The molecule has 1 N–H and O–H groups in total. The van der Waals surface area contributed by atoms with Crippen LogP contribution in [-0.4, -0.2) is 26.4 Å². The van der Waals surface area contributed by atoms with Gasteiger partial charge in [-0.2, -0.15) is 0 Å². The Balaban J connectivity index is 2.59. The molecule has 0 radical (unpaired) electrons. The summed E-state index contributed by atoms with van der Waals surface area (Å²) in [7, 11) is 0. The third-order valence-corrected chi connectivity index (χ3v) is 2.86. The lowest BCUT2D eigenvalue weighted by Gasteiger charge is -1.97. The summed E-state index contributed by atoms with van der Waals surface area (Å²) in [6, 6.07) is 0. The van der Waals surface area contributed by atoms with Crippen molar-refractivity contribution in [2.75, 3.05) is 5.75 Å². The number of fused-ring (bicyclic) bond motifs is 1. The number of thioether (sulfide) groups is 1. The lowest BCUT2D eigenvalue weighted by molar-refractivity contribution is 0.0685. The highest BCUT2D eigenvalue weighted by atomic mass is 35.5. The second-order valence-corrected chi connectivity index (χ2v) is 3.76. The Morgan fingerprint density at radius 3 is 3.17 bits per heavy atom. The van der Waals surface area contributed by atoms with Crippen molar-refractivity contribution in [3.63, 3.8) is 0 Å². The maximum Gasteiger partial charge on any atom is 0.355 e. The number of carboxylic acids is 1. The van der Waals surface area contributed by atoms with Crippen molar-refractivity contribution in [3.8, 4) is 0 Å². The Labute approximate surface area is 77.5 Å². The van der Waals surface area contributed by atoms with E-state index in [9.17, 15) is 4.79 Å². The highest BCUT2D eigenvalue weighted by Crippen LogP contribution is 2.30. The number of rotatable bonds is 1. The SMILES string of the molecule is O=C(O)c1c(Cl)nc2n1CCS2. The van der Waals surface area contributed by atoms with Gasteiger partial charge in [-0.15, -0.1) is 0 Å². The summed E-state index contributed by atoms with van der Waals surface area (Å²) in [5.74, 6) is -0.138. The van der Waals surface area contributed by atoms with Crippen LogP contribution in [0.4, 0.5) is 0 Å². The molecule has 1 aliphatic rings. The van der Waals surface area contributed by atoms with Gasteiger partial charge in [-0.3, -0.25) is 0 Å². The molecule has 12 heavy (non-hydrogen) atoms. The van der Waals surface area contributed by atoms with Crippen LogP contribution in [0.25, 0.3) is 0 Å². The van der Waals surface area contributed by atoms with Gasteiger partial charge < -0.3 is 9.67 Å². The van der Waals surface area contributed by atoms with Gasteiger partial charge in [0.05, 0.1) is 0 Å². The Bertz CT molecular complexity index is 350. The quantitative estimate of drug-likeness (QED) is 0.750. The van der Waals surface area contributed by atoms with Crippen LogP contribution in [0.3, 0.4) is 0 Å². The van der Waals surface area contributed by atoms with Crippen molar-refractivity contribution >= 4 is 29.3 Å². The smallest absolute Gasteiger partial charge is 0.355 e. The van der Waals surface area contributed by atoms with Crippen LogP contribution >= 0.6 is 23.4 Å². The fraction of sp³-hybridized carbons (Fsp3) is 0.333. The van der Waals surface area contributed by atoms with Crippen LogP contribution in [0.2, 0.25) is 5.15 Å². The molecule has 0 unspecified atom stereocenters. The average molecular weight is 205 g/mol. The van der Waals surface area contributed by atoms with Crippen molar-refractivity contribution in [1.29, 1.82) is 0 Å². The first-order valence-corrected chi connectivity index (χ1v) is 4.68. The van der Waals surface area contributed by atoms with Crippen LogP contribution in [0, 0.1) is 0 Å². The van der Waals surface area contributed by atoms with Crippen molar-refractivity contribution < 1.29 is 9.90 Å². The first-order chi connectivity index (χ1) is 5.70. The summed E-state index contributed by atoms with van der Waals surface area (Å²) < 4.78 is 1.63. The molecule has 0 aliphatic carbocycles. The zero-order valence-electron chi connectivity index (χ0n) is 5.95. The van der Waals surface area contributed by atoms with Crippen LogP contribution in [0.15, 0.2) is 5.16 Å². The third-order valence-electron chi connectivity index (χ3n) is 1.64. The number of imidazole rings is 1. The second kappa shape index (κ2) is 2.67. The minimum atomic E-state index is -1.01. The van der Waals surface area contributed by atoms with Crippen LogP contribution in [0.5, 0.6) is 0 Å². The van der Waals surface area contributed by atoms with Crippen LogP contribution in [-0.2, 0) is 6.54 Å². The summed E-state index contributed by atoms with van der Waals surface area (Å²) in [6.45, 7) is 0.682. The monoisotopic (exact) mass is 204 g/mol. The highest BCUT2D eigenvalue weighted by Gasteiger charge is 2.24. The molecule has 1 aromatic heterocycles. The zero-order valence-corrected chi connectivity index (χ0v) is 7.52. The van der Waals surface area contributed by atoms with E-state index in [1.165, 1.54) is 11.8 Å². The largest absolute Gasteiger partial charge is 0.476 e. The molecule has 0 fully saturated rings. The molecule has 0 saturated carbocycles. The van der Waals surface area contributed by atoms with Crippen molar-refractivity contribution in [3.05, 3.63) is 10.8 Å². The second-order valence-electron chi connectivity index (χ2n) is 2.34. The number of nitrogens with zero attached hydrogens (tertiary/aromatic N) is 2. The fourth-order valence-electron chi connectivity index (χ4n) is 1.15. The van der Waals surface area contributed by atoms with E-state index in [-0.39, 0.29) is 10.8 Å². The molecule has 6 heteroatoms. The molecule has 2 rings (SSSR count). The van der Waals surface area contributed by atoms with Gasteiger partial charge >= 0.3 is 5.97 Å². The highest BCUT2D eigenvalue weighted by molar-refractivity contribution is 7.99. The zero-order chi connectivity index (χ0) is 8.72. The molecule has 4 nitrogen and oxygen atoms in total. The van der Waals surface area contributed by atoms with E-state index in [1.54, 1.807) is 4.57 Å². The summed E-state index contributed by atoms with van der Waals surface area (Å²) in [5.41, 5.74) is 0.108. The minimum Gasteiger partial charge on any atom is -0.476 e. The fourth-order valence-corrected chi connectivity index (χ4v) is 2.42. The Morgan fingerprint density at radius 2 is 2.50 bits per heavy atom. The Hall–Kier alpha value is -0.680. The van der Waals surface area contributed by atoms with E-state index in [0.29, 0.717) is 11.7 Å². The van der Waals surface area contributed by atoms with Gasteiger partial charge in [0.2, 0.25) is 0 Å². The molecule has 0 atom stereocenters. The van der Waals surface area contributed by atoms with Gasteiger partial charge in [-0.25, -0.2) is 9.78 Å². The number of carboxylic acid groups (broad SMARTS) is 1. The summed E-state index contributed by atoms with van der Waals surface area (Å²) >= 11 is 7.16. The molecular formula is C6H5ClN2O2S. The molecular weight excluding hydrogens is 200 g/mol. The van der Waals surface area contributed by atoms with Gasteiger partial charge in [0.1, 0.15) is 0 Å². The molecule has 0 bridgehead atoms. The van der Waals surface area contributed by atoms with Crippen molar-refractivity contribution in [1.82, 2.24) is 9.55 Å². The van der Waals surface area contributed by atoms with Crippen LogP contribution < -0.4 is 0 Å². The molecule has 0 saturated heterocycles. The van der Waals surface area contributed by atoms with Gasteiger partial charge in [-0.1, -0.05) is 23.4 Å². The predicted molar refractivity (Wildman–Crippen MR) is 44.9 cm³/mol. The van der Waals surface area contributed by atoms with E-state index in [1.807, 2.05) is 0 Å². The van der Waals surface area contributed by atoms with Gasteiger partial charge in [0.25, 0.3) is 0 Å². The lowest BCUT2D eigenvalue weighted by Crippen LogP contribution is -2.07. The van der Waals surface area contributed by atoms with E-state index in [2.05, 4.69) is 4.98 Å². The molecule has 1 aromatic rings. The number of aromatic nitrogens is 2. The molecule has 2 heterocycles. The lowest BCUT2D eigenvalue weighted by atomic mass is 10.4. The van der Waals surface area contributed by atoms with Gasteiger partial charge in [-0.05, 0) is 0 Å². The first kappa shape index (κ1) is 7.94.